The Kier molecular flexibility index (Phi) is 9.21. The molecule has 230 valence electrons. The van der Waals surface area contributed by atoms with Gasteiger partial charge >= 0.3 is 6.75 Å². The maximum atomic E-state index is 13.6. The summed E-state index contributed by atoms with van der Waals surface area (Å²) in [5, 5.41) is 15.7. The lowest BCUT2D eigenvalue weighted by Crippen LogP contribution is -2.67. The summed E-state index contributed by atoms with van der Waals surface area (Å²) in [5.74, 6) is -5.09. The number of hydrogen-bond acceptors (Lipinski definition) is 10. The SMILES string of the molecule is CC(C)CC(NC(=O)[C@@H](NC(=O)c1cccc(-c2ccccc2)n1)[C@@H](C)O)[B-]12OC(=O)C[C@](CC(=O)N(C)C)(O1)C(=O)O2. The smallest absolute Gasteiger partial charge is 0.518 e. The summed E-state index contributed by atoms with van der Waals surface area (Å²) < 4.78 is 17.0. The van der Waals surface area contributed by atoms with E-state index in [1.165, 1.54) is 32.0 Å². The van der Waals surface area contributed by atoms with E-state index in [0.29, 0.717) is 5.69 Å². The molecule has 3 amide bonds. The van der Waals surface area contributed by atoms with Crippen molar-refractivity contribution in [1.82, 2.24) is 20.5 Å². The number of nitrogens with one attached hydrogen (secondary N) is 2. The molecule has 2 bridgehead atoms. The summed E-state index contributed by atoms with van der Waals surface area (Å²) in [4.78, 5) is 70.7. The maximum Gasteiger partial charge on any atom is 0.518 e. The Labute approximate surface area is 249 Å². The molecule has 0 spiro atoms. The van der Waals surface area contributed by atoms with Crippen molar-refractivity contribution in [2.45, 2.75) is 63.7 Å². The average Bonchev–Trinajstić information content (AvgIpc) is 3.15. The largest absolute Gasteiger partial charge is 0.632 e. The lowest BCUT2D eigenvalue weighted by molar-refractivity contribution is -0.158. The van der Waals surface area contributed by atoms with E-state index >= 15 is 0 Å². The van der Waals surface area contributed by atoms with Crippen molar-refractivity contribution >= 4 is 36.4 Å². The van der Waals surface area contributed by atoms with E-state index in [1.807, 2.05) is 44.2 Å². The van der Waals surface area contributed by atoms with Crippen molar-refractivity contribution < 1.29 is 43.0 Å². The normalized spacial score (nSPS) is 23.0. The van der Waals surface area contributed by atoms with Crippen molar-refractivity contribution in [2.75, 3.05) is 14.1 Å². The minimum Gasteiger partial charge on any atom is -0.632 e. The van der Waals surface area contributed by atoms with Crippen molar-refractivity contribution in [3.63, 3.8) is 0 Å². The van der Waals surface area contributed by atoms with E-state index < -0.39 is 72.9 Å². The molecule has 0 saturated carbocycles. The Balaban J connectivity index is 1.57. The lowest BCUT2D eigenvalue weighted by atomic mass is 9.64. The zero-order valence-electron chi connectivity index (χ0n) is 24.7. The molecule has 2 aliphatic heterocycles. The first kappa shape index (κ1) is 31.6. The summed E-state index contributed by atoms with van der Waals surface area (Å²) >= 11 is 0. The number of fused-ring (bicyclic) bond motifs is 2. The first-order valence-corrected chi connectivity index (χ1v) is 14.1. The van der Waals surface area contributed by atoms with Gasteiger partial charge in [0.15, 0.2) is 0 Å². The van der Waals surface area contributed by atoms with E-state index in [0.717, 1.165) is 5.56 Å². The zero-order valence-corrected chi connectivity index (χ0v) is 24.7. The van der Waals surface area contributed by atoms with E-state index in [-0.39, 0.29) is 18.0 Å². The van der Waals surface area contributed by atoms with Gasteiger partial charge in [-0.3, -0.25) is 24.0 Å². The van der Waals surface area contributed by atoms with E-state index in [1.54, 1.807) is 12.1 Å². The summed E-state index contributed by atoms with van der Waals surface area (Å²) in [6, 6.07) is 12.6. The summed E-state index contributed by atoms with van der Waals surface area (Å²) in [5.41, 5.74) is -0.549. The number of carbonyl (C=O) groups excluding carboxylic acids is 5. The first-order valence-electron chi connectivity index (χ1n) is 14.1. The highest BCUT2D eigenvalue weighted by molar-refractivity contribution is 6.68. The highest BCUT2D eigenvalue weighted by Gasteiger charge is 2.64. The quantitative estimate of drug-likeness (QED) is 0.318. The van der Waals surface area contributed by atoms with Gasteiger partial charge in [0.1, 0.15) is 17.3 Å². The molecule has 2 unspecified atom stereocenters. The van der Waals surface area contributed by atoms with Crippen LogP contribution in [0.3, 0.4) is 0 Å². The number of aromatic nitrogens is 1. The van der Waals surface area contributed by atoms with Crippen LogP contribution in [0.15, 0.2) is 48.5 Å². The minimum atomic E-state index is -3.22. The molecule has 43 heavy (non-hydrogen) atoms. The van der Waals surface area contributed by atoms with Gasteiger partial charge in [0.05, 0.1) is 24.6 Å². The Hall–Kier alpha value is -4.30. The van der Waals surface area contributed by atoms with E-state index in [4.69, 9.17) is 14.0 Å². The molecule has 1 aromatic heterocycles. The third kappa shape index (κ3) is 6.86. The van der Waals surface area contributed by atoms with Crippen LogP contribution in [0.4, 0.5) is 0 Å². The number of aliphatic hydroxyl groups excluding tert-OH is 1. The fourth-order valence-electron chi connectivity index (χ4n) is 5.15. The summed E-state index contributed by atoms with van der Waals surface area (Å²) in [7, 11) is 3.00. The molecule has 2 saturated heterocycles. The summed E-state index contributed by atoms with van der Waals surface area (Å²) in [6.07, 6.45) is -2.21. The summed E-state index contributed by atoms with van der Waals surface area (Å²) in [6.45, 7) is 1.76. The van der Waals surface area contributed by atoms with Crippen LogP contribution in [0.5, 0.6) is 0 Å². The molecule has 0 radical (unpaired) electrons. The Bertz CT molecular complexity index is 1400. The van der Waals surface area contributed by atoms with Crippen LogP contribution in [-0.4, -0.2) is 89.2 Å². The van der Waals surface area contributed by atoms with Crippen LogP contribution < -0.4 is 10.6 Å². The van der Waals surface area contributed by atoms with Crippen LogP contribution in [0, 0.1) is 5.92 Å². The van der Waals surface area contributed by atoms with Gasteiger partial charge < -0.3 is 34.6 Å². The molecule has 2 aliphatic rings. The van der Waals surface area contributed by atoms with Gasteiger partial charge in [-0.1, -0.05) is 56.7 Å². The zero-order chi connectivity index (χ0) is 31.5. The third-order valence-corrected chi connectivity index (χ3v) is 7.34. The van der Waals surface area contributed by atoms with E-state index in [9.17, 15) is 29.1 Å². The average molecular weight is 595 g/mol. The number of hydrogen-bond donors (Lipinski definition) is 3. The van der Waals surface area contributed by atoms with Gasteiger partial charge in [0, 0.05) is 25.6 Å². The number of carbonyl (C=O) groups is 5. The second-order valence-corrected chi connectivity index (χ2v) is 11.6. The molecule has 0 aliphatic carbocycles. The van der Waals surface area contributed by atoms with Crippen molar-refractivity contribution in [3.05, 3.63) is 54.2 Å². The number of pyridine rings is 1. The second kappa shape index (κ2) is 12.5. The van der Waals surface area contributed by atoms with Crippen molar-refractivity contribution in [3.8, 4) is 11.3 Å². The maximum absolute atomic E-state index is 13.6. The van der Waals surface area contributed by atoms with Gasteiger partial charge in [-0.05, 0) is 25.0 Å². The molecule has 2 fully saturated rings. The molecular formula is C29H36BN4O9-. The van der Waals surface area contributed by atoms with Crippen LogP contribution in [0.2, 0.25) is 0 Å². The molecular weight excluding hydrogens is 559 g/mol. The molecule has 13 nitrogen and oxygen atoms in total. The first-order chi connectivity index (χ1) is 20.2. The van der Waals surface area contributed by atoms with Gasteiger partial charge in [0.25, 0.3) is 17.8 Å². The molecule has 3 heterocycles. The predicted octanol–water partition coefficient (Wildman–Crippen LogP) is 0.974. The number of rotatable bonds is 11. The molecule has 14 heteroatoms. The van der Waals surface area contributed by atoms with E-state index in [2.05, 4.69) is 15.6 Å². The molecule has 5 atom stereocenters. The van der Waals surface area contributed by atoms with Gasteiger partial charge in [-0.25, -0.2) is 4.98 Å². The fourth-order valence-corrected chi connectivity index (χ4v) is 5.15. The number of amides is 3. The minimum absolute atomic E-state index is 0.0194. The monoisotopic (exact) mass is 595 g/mol. The Morgan fingerprint density at radius 2 is 1.72 bits per heavy atom. The van der Waals surface area contributed by atoms with Gasteiger partial charge in [-0.2, -0.15) is 0 Å². The van der Waals surface area contributed by atoms with Crippen molar-refractivity contribution in [1.29, 1.82) is 0 Å². The van der Waals surface area contributed by atoms with Crippen molar-refractivity contribution in [2.24, 2.45) is 5.92 Å². The lowest BCUT2D eigenvalue weighted by Gasteiger charge is -2.46. The number of aliphatic hydroxyl groups is 1. The Morgan fingerprint density at radius 3 is 2.35 bits per heavy atom. The van der Waals surface area contributed by atoms with Gasteiger partial charge in [-0.15, -0.1) is 0 Å². The van der Waals surface area contributed by atoms with Crippen LogP contribution >= 0.6 is 0 Å². The van der Waals surface area contributed by atoms with Gasteiger partial charge in [0.2, 0.25) is 11.8 Å². The number of benzene rings is 1. The molecule has 4 rings (SSSR count). The fraction of sp³-hybridized carbons (Fsp3) is 0.448. The highest BCUT2D eigenvalue weighted by atomic mass is 16.8. The standard InChI is InChI=1S/C29H36BN4O9/c1-17(2)14-22(30-41-24(37)16-29(43-30,28(40)42-30)15-23(36)34(4)5)32-27(39)25(18(3)35)33-26(38)21-13-9-12-20(31-21)19-10-7-6-8-11-19/h6-13,17-18,22,25,35H,14-16H2,1-5H3,(H,32,39)(H,33,38)/q-1/t18-,22?,25+,29+,30?/m1/s1. The Morgan fingerprint density at radius 1 is 1.02 bits per heavy atom. The van der Waals surface area contributed by atoms with Crippen LogP contribution in [-0.2, 0) is 33.1 Å². The predicted molar refractivity (Wildman–Crippen MR) is 154 cm³/mol. The topological polar surface area (TPSA) is 173 Å². The third-order valence-electron chi connectivity index (χ3n) is 7.34. The molecule has 3 N–H and O–H groups in total. The highest BCUT2D eigenvalue weighted by Crippen LogP contribution is 2.43. The molecule has 1 aromatic carbocycles. The van der Waals surface area contributed by atoms with Crippen LogP contribution in [0.1, 0.15) is 50.5 Å². The van der Waals surface area contributed by atoms with Crippen LogP contribution in [0.25, 0.3) is 11.3 Å². The second-order valence-electron chi connectivity index (χ2n) is 11.6. The number of nitrogens with zero attached hydrogens (tertiary/aromatic N) is 2. The molecule has 2 aromatic rings.